The molecule has 3 aliphatic heterocycles. The molecule has 66 heavy (non-hydrogen) atoms. The molecule has 3 unspecified atom stereocenters. The van der Waals surface area contributed by atoms with Crippen LogP contribution in [-0.2, 0) is 0 Å². The van der Waals surface area contributed by atoms with Gasteiger partial charge in [0.25, 0.3) is 17.7 Å². The minimum Gasteiger partial charge on any atom is -0.322 e. The highest BCUT2D eigenvalue weighted by atomic mass is 35.5. The van der Waals surface area contributed by atoms with Crippen molar-refractivity contribution >= 4 is 69.6 Å². The van der Waals surface area contributed by atoms with Crippen molar-refractivity contribution in [3.05, 3.63) is 182 Å². The number of hydrogen-bond donors (Lipinski definition) is 6. The molecular weight excluding hydrogens is 898 g/mol. The number of hydrogen-bond acceptors (Lipinski definition) is 8. The molecule has 0 spiro atoms. The van der Waals surface area contributed by atoms with Gasteiger partial charge in [-0.05, 0) is 165 Å². The van der Waals surface area contributed by atoms with Crippen LogP contribution in [0.25, 0.3) is 0 Å². The molecule has 0 saturated carbocycles. The normalized spacial score (nSPS) is 17.8. The van der Waals surface area contributed by atoms with E-state index in [9.17, 15) is 18.8 Å². The lowest BCUT2D eigenvalue weighted by atomic mass is 9.92. The molecule has 0 aliphatic carbocycles. The van der Waals surface area contributed by atoms with Crippen LogP contribution in [-0.4, -0.2) is 67.0 Å². The Hall–Kier alpha value is -5.73. The minimum atomic E-state index is -0.626. The van der Waals surface area contributed by atoms with Crippen molar-refractivity contribution in [3.63, 3.8) is 0 Å². The summed E-state index contributed by atoms with van der Waals surface area (Å²) in [6.07, 6.45) is 8.93. The van der Waals surface area contributed by atoms with E-state index in [2.05, 4.69) is 66.1 Å². The lowest BCUT2D eigenvalue weighted by Gasteiger charge is -2.23. The molecule has 5 heterocycles. The maximum Gasteiger partial charge on any atom is 0.274 e. The summed E-state index contributed by atoms with van der Waals surface area (Å²) in [6.45, 7) is 6.31. The Morgan fingerprint density at radius 1 is 0.515 bits per heavy atom. The zero-order chi connectivity index (χ0) is 46.3. The monoisotopic (exact) mass is 948 g/mol. The minimum absolute atomic E-state index is 0.0199. The van der Waals surface area contributed by atoms with Gasteiger partial charge in [0.05, 0.1) is 16.1 Å². The summed E-state index contributed by atoms with van der Waals surface area (Å²) in [6, 6.07) is 34.4. The molecule has 3 aliphatic rings. The molecule has 0 bridgehead atoms. The van der Waals surface area contributed by atoms with Gasteiger partial charge in [0.2, 0.25) is 0 Å². The fourth-order valence-electron chi connectivity index (χ4n) is 8.02. The van der Waals surface area contributed by atoms with Crippen LogP contribution < -0.4 is 31.9 Å². The number of aromatic nitrogens is 2. The number of benzene rings is 4. The maximum absolute atomic E-state index is 13.7. The number of amides is 3. The number of piperidine rings is 2. The third-order valence-corrected chi connectivity index (χ3v) is 12.4. The van der Waals surface area contributed by atoms with Crippen LogP contribution in [0, 0.1) is 5.82 Å². The van der Waals surface area contributed by atoms with E-state index in [0.29, 0.717) is 44.9 Å². The second-order valence-electron chi connectivity index (χ2n) is 16.4. The summed E-state index contributed by atoms with van der Waals surface area (Å²) in [7, 11) is 0. The topological polar surface area (TPSA) is 149 Å². The first-order chi connectivity index (χ1) is 32.1. The standard InChI is InChI=1S/C17H16ClFN2O.2C17H18ClN3O/c18-13-3-6-15(16(19)9-13)17(22)21-14-4-1-11(2-5-14)12-7-8-20-10-12;18-14-5-8-16(20-11-14)17(22)21-15-6-3-12(4-7-15)13-2-1-9-19-10-13;18-16-8-5-14(11-20-16)17(22)21-15-6-3-12(4-7-15)13-2-1-9-19-10-13/h1-6,9,12,20H,7-8,10H2,(H,21,22);2*3-8,11,13,19H,1-2,9-10H2,(H,21,22). The summed E-state index contributed by atoms with van der Waals surface area (Å²) in [5, 5.41) is 19.7. The summed E-state index contributed by atoms with van der Waals surface area (Å²) < 4.78 is 13.7. The number of anilines is 3. The molecule has 3 atom stereocenters. The molecule has 9 rings (SSSR count). The number of nitrogens with zero attached hydrogens (tertiary/aromatic N) is 2. The van der Waals surface area contributed by atoms with Crippen molar-refractivity contribution in [1.29, 1.82) is 0 Å². The van der Waals surface area contributed by atoms with Gasteiger partial charge in [-0.15, -0.1) is 0 Å². The van der Waals surface area contributed by atoms with Crippen LogP contribution >= 0.6 is 34.8 Å². The number of rotatable bonds is 9. The molecule has 3 amide bonds. The van der Waals surface area contributed by atoms with Crippen LogP contribution in [0.1, 0.15) is 97.8 Å². The number of nitrogens with one attached hydrogen (secondary N) is 6. The summed E-state index contributed by atoms with van der Waals surface area (Å²) in [5.41, 5.74) is 6.91. The van der Waals surface area contributed by atoms with Crippen molar-refractivity contribution in [1.82, 2.24) is 25.9 Å². The van der Waals surface area contributed by atoms with Crippen molar-refractivity contribution in [2.45, 2.75) is 49.9 Å². The predicted octanol–water partition coefficient (Wildman–Crippen LogP) is 10.7. The molecule has 15 heteroatoms. The fraction of sp³-hybridized carbons (Fsp3) is 0.275. The van der Waals surface area contributed by atoms with Crippen molar-refractivity contribution < 1.29 is 18.8 Å². The summed E-state index contributed by atoms with van der Waals surface area (Å²) >= 11 is 17.2. The van der Waals surface area contributed by atoms with E-state index in [-0.39, 0.29) is 22.4 Å². The third kappa shape index (κ3) is 14.1. The van der Waals surface area contributed by atoms with Crippen molar-refractivity contribution in [2.75, 3.05) is 55.2 Å². The highest BCUT2D eigenvalue weighted by molar-refractivity contribution is 6.31. The zero-order valence-corrected chi connectivity index (χ0v) is 38.5. The number of carbonyl (C=O) groups excluding carboxylic acids is 3. The molecule has 3 saturated heterocycles. The Labute approximate surface area is 399 Å². The molecule has 0 radical (unpaired) electrons. The summed E-state index contributed by atoms with van der Waals surface area (Å²) in [5.74, 6) is 0.136. The van der Waals surface area contributed by atoms with Gasteiger partial charge in [-0.25, -0.2) is 14.4 Å². The molecule has 342 valence electrons. The molecule has 3 fully saturated rings. The quantitative estimate of drug-likeness (QED) is 0.0785. The van der Waals surface area contributed by atoms with Crippen molar-refractivity contribution in [2.24, 2.45) is 0 Å². The van der Waals surface area contributed by atoms with E-state index in [1.54, 1.807) is 24.3 Å². The van der Waals surface area contributed by atoms with Crippen LogP contribution in [0.4, 0.5) is 21.5 Å². The first-order valence-corrected chi connectivity index (χ1v) is 23.3. The Morgan fingerprint density at radius 2 is 1.02 bits per heavy atom. The Kier molecular flexibility index (Phi) is 17.6. The zero-order valence-electron chi connectivity index (χ0n) is 36.3. The number of halogens is 4. The van der Waals surface area contributed by atoms with Crippen LogP contribution in [0.5, 0.6) is 0 Å². The maximum atomic E-state index is 13.7. The first-order valence-electron chi connectivity index (χ1n) is 22.1. The highest BCUT2D eigenvalue weighted by Crippen LogP contribution is 2.27. The van der Waals surface area contributed by atoms with E-state index in [4.69, 9.17) is 34.8 Å². The predicted molar refractivity (Wildman–Crippen MR) is 263 cm³/mol. The van der Waals surface area contributed by atoms with Gasteiger partial charge in [0.15, 0.2) is 0 Å². The lowest BCUT2D eigenvalue weighted by Crippen LogP contribution is -2.28. The summed E-state index contributed by atoms with van der Waals surface area (Å²) in [4.78, 5) is 44.2. The molecule has 2 aromatic heterocycles. The van der Waals surface area contributed by atoms with E-state index in [1.165, 1.54) is 66.9 Å². The smallest absolute Gasteiger partial charge is 0.274 e. The average molecular weight is 950 g/mol. The SMILES string of the molecule is O=C(Nc1ccc(C2CCCNC2)cc1)c1ccc(Cl)cn1.O=C(Nc1ccc(C2CCCNC2)cc1)c1ccc(Cl)nc1.O=C(Nc1ccc(C2CCNC2)cc1)c1ccc(Cl)cc1F. The molecule has 4 aromatic carbocycles. The fourth-order valence-corrected chi connectivity index (χ4v) is 8.40. The highest BCUT2D eigenvalue weighted by Gasteiger charge is 2.19. The Balaban J connectivity index is 0.000000147. The van der Waals surface area contributed by atoms with E-state index < -0.39 is 11.7 Å². The van der Waals surface area contributed by atoms with Crippen LogP contribution in [0.3, 0.4) is 0 Å². The largest absolute Gasteiger partial charge is 0.322 e. The molecule has 6 aromatic rings. The van der Waals surface area contributed by atoms with E-state index in [0.717, 1.165) is 63.1 Å². The molecule has 11 nitrogen and oxygen atoms in total. The van der Waals surface area contributed by atoms with Gasteiger partial charge in [-0.3, -0.25) is 14.4 Å². The van der Waals surface area contributed by atoms with Gasteiger partial charge in [-0.1, -0.05) is 71.2 Å². The molecular formula is C51H52Cl3FN8O3. The third-order valence-electron chi connectivity index (χ3n) is 11.7. The van der Waals surface area contributed by atoms with Gasteiger partial charge < -0.3 is 31.9 Å². The van der Waals surface area contributed by atoms with Gasteiger partial charge >= 0.3 is 0 Å². The van der Waals surface area contributed by atoms with Gasteiger partial charge in [0.1, 0.15) is 16.7 Å². The van der Waals surface area contributed by atoms with Gasteiger partial charge in [-0.2, -0.15) is 0 Å². The second kappa shape index (κ2) is 24.2. The van der Waals surface area contributed by atoms with E-state index in [1.807, 2.05) is 48.5 Å². The number of pyridine rings is 2. The molecule has 6 N–H and O–H groups in total. The van der Waals surface area contributed by atoms with Gasteiger partial charge in [0, 0.05) is 54.1 Å². The Morgan fingerprint density at radius 3 is 1.47 bits per heavy atom. The van der Waals surface area contributed by atoms with Crippen LogP contribution in [0.2, 0.25) is 15.2 Å². The number of carbonyl (C=O) groups is 3. The lowest BCUT2D eigenvalue weighted by molar-refractivity contribution is 0.101. The van der Waals surface area contributed by atoms with E-state index >= 15 is 0 Å². The van der Waals surface area contributed by atoms with Crippen LogP contribution in [0.15, 0.2) is 128 Å². The second-order valence-corrected chi connectivity index (χ2v) is 17.6. The van der Waals surface area contributed by atoms with Crippen molar-refractivity contribution in [3.8, 4) is 0 Å². The average Bonchev–Trinajstić information content (AvgIpc) is 3.89. The first kappa shape index (κ1) is 48.2. The Bertz CT molecular complexity index is 2400.